The average molecular weight is 447 g/mol. The standard InChI is InChI=1S/C32H46O/c1-3-9-24(10-4-2)21-25-11-8-14-28(31-23-30(31)22-25)19-20-32(33)29-17-15-27(16-18-29)26-12-6-5-7-13-26/h5-7,12-13,15-18,24-25,28,30-33H,3-4,8-11,14,19-23H2,1-2H3. The highest BCUT2D eigenvalue weighted by atomic mass is 16.3. The maximum absolute atomic E-state index is 10.9. The normalized spacial score (nSPS) is 25.8. The lowest BCUT2D eigenvalue weighted by atomic mass is 9.78. The molecule has 0 bridgehead atoms. The summed E-state index contributed by atoms with van der Waals surface area (Å²) in [6, 6.07) is 19.1. The zero-order valence-electron chi connectivity index (χ0n) is 21.1. The van der Waals surface area contributed by atoms with Crippen molar-refractivity contribution in [1.82, 2.24) is 0 Å². The van der Waals surface area contributed by atoms with E-state index in [2.05, 4.69) is 68.4 Å². The Hall–Kier alpha value is -1.60. The molecule has 2 aliphatic carbocycles. The molecule has 4 rings (SSSR count). The Morgan fingerprint density at radius 3 is 2.21 bits per heavy atom. The molecular formula is C32H46O. The van der Waals surface area contributed by atoms with Crippen molar-refractivity contribution in [2.45, 2.75) is 97.0 Å². The molecule has 2 aliphatic rings. The first-order chi connectivity index (χ1) is 16.2. The smallest absolute Gasteiger partial charge is 0.0790 e. The molecule has 0 amide bonds. The van der Waals surface area contributed by atoms with Gasteiger partial charge in [-0.2, -0.15) is 0 Å². The summed E-state index contributed by atoms with van der Waals surface area (Å²) < 4.78 is 0. The monoisotopic (exact) mass is 446 g/mol. The number of fused-ring (bicyclic) bond motifs is 1. The predicted molar refractivity (Wildman–Crippen MR) is 141 cm³/mol. The lowest BCUT2D eigenvalue weighted by Gasteiger charge is -2.27. The summed E-state index contributed by atoms with van der Waals surface area (Å²) in [5, 5.41) is 10.9. The molecular weight excluding hydrogens is 400 g/mol. The van der Waals surface area contributed by atoms with Gasteiger partial charge >= 0.3 is 0 Å². The van der Waals surface area contributed by atoms with Gasteiger partial charge in [0.05, 0.1) is 6.10 Å². The Balaban J connectivity index is 1.25. The lowest BCUT2D eigenvalue weighted by molar-refractivity contribution is 0.148. The second-order valence-corrected chi connectivity index (χ2v) is 11.2. The summed E-state index contributed by atoms with van der Waals surface area (Å²) in [6.45, 7) is 4.71. The summed E-state index contributed by atoms with van der Waals surface area (Å²) >= 11 is 0. The maximum atomic E-state index is 10.9. The van der Waals surface area contributed by atoms with E-state index in [4.69, 9.17) is 0 Å². The van der Waals surface area contributed by atoms with Crippen molar-refractivity contribution in [3.63, 3.8) is 0 Å². The number of benzene rings is 2. The van der Waals surface area contributed by atoms with Gasteiger partial charge in [-0.15, -0.1) is 0 Å². The average Bonchev–Trinajstić information content (AvgIpc) is 3.58. The molecule has 0 aliphatic heterocycles. The Bertz CT molecular complexity index is 804. The molecule has 0 radical (unpaired) electrons. The third-order valence-corrected chi connectivity index (χ3v) is 8.68. The molecule has 2 aromatic rings. The fourth-order valence-electron chi connectivity index (χ4n) is 6.86. The first-order valence-corrected chi connectivity index (χ1v) is 14.0. The van der Waals surface area contributed by atoms with Crippen molar-refractivity contribution in [1.29, 1.82) is 0 Å². The fraction of sp³-hybridized carbons (Fsp3) is 0.625. The number of aliphatic hydroxyl groups excluding tert-OH is 1. The molecule has 1 N–H and O–H groups in total. The van der Waals surface area contributed by atoms with Crippen LogP contribution in [0.4, 0.5) is 0 Å². The third-order valence-electron chi connectivity index (χ3n) is 8.68. The van der Waals surface area contributed by atoms with Crippen LogP contribution in [0.15, 0.2) is 54.6 Å². The van der Waals surface area contributed by atoms with Crippen LogP contribution in [0.3, 0.4) is 0 Å². The molecule has 1 heteroatoms. The van der Waals surface area contributed by atoms with E-state index in [-0.39, 0.29) is 6.10 Å². The molecule has 0 aromatic heterocycles. The van der Waals surface area contributed by atoms with Crippen LogP contribution in [-0.4, -0.2) is 5.11 Å². The minimum atomic E-state index is -0.325. The largest absolute Gasteiger partial charge is 0.388 e. The molecule has 180 valence electrons. The van der Waals surface area contributed by atoms with E-state index in [9.17, 15) is 5.11 Å². The molecule has 33 heavy (non-hydrogen) atoms. The summed E-state index contributed by atoms with van der Waals surface area (Å²) in [7, 11) is 0. The third kappa shape index (κ3) is 6.95. The van der Waals surface area contributed by atoms with Gasteiger partial charge in [-0.25, -0.2) is 0 Å². The van der Waals surface area contributed by atoms with E-state index in [0.717, 1.165) is 41.6 Å². The Kier molecular flexibility index (Phi) is 9.07. The highest BCUT2D eigenvalue weighted by Crippen LogP contribution is 2.54. The Morgan fingerprint density at radius 1 is 0.818 bits per heavy atom. The van der Waals surface area contributed by atoms with Crippen molar-refractivity contribution < 1.29 is 5.11 Å². The fourth-order valence-corrected chi connectivity index (χ4v) is 6.86. The minimum Gasteiger partial charge on any atom is -0.388 e. The summed E-state index contributed by atoms with van der Waals surface area (Å²) in [6.07, 6.45) is 16.1. The minimum absolute atomic E-state index is 0.325. The summed E-state index contributed by atoms with van der Waals surface area (Å²) in [4.78, 5) is 0. The van der Waals surface area contributed by atoms with Crippen molar-refractivity contribution in [3.8, 4) is 11.1 Å². The highest BCUT2D eigenvalue weighted by Gasteiger charge is 2.44. The molecule has 0 spiro atoms. The highest BCUT2D eigenvalue weighted by molar-refractivity contribution is 5.63. The van der Waals surface area contributed by atoms with Gasteiger partial charge in [0.1, 0.15) is 0 Å². The van der Waals surface area contributed by atoms with Crippen LogP contribution < -0.4 is 0 Å². The van der Waals surface area contributed by atoms with Crippen LogP contribution in [0.2, 0.25) is 0 Å². The van der Waals surface area contributed by atoms with Gasteiger partial charge in [-0.1, -0.05) is 113 Å². The first-order valence-electron chi connectivity index (χ1n) is 14.0. The first kappa shape index (κ1) is 24.5. The van der Waals surface area contributed by atoms with Crippen molar-refractivity contribution >= 4 is 0 Å². The van der Waals surface area contributed by atoms with Crippen molar-refractivity contribution in [2.75, 3.05) is 0 Å². The second-order valence-electron chi connectivity index (χ2n) is 11.2. The van der Waals surface area contributed by atoms with Crippen LogP contribution in [0.1, 0.15) is 103 Å². The van der Waals surface area contributed by atoms with Crippen LogP contribution in [0, 0.1) is 29.6 Å². The zero-order valence-corrected chi connectivity index (χ0v) is 21.1. The summed E-state index contributed by atoms with van der Waals surface area (Å²) in [5.74, 6) is 4.75. The number of aliphatic hydroxyl groups is 1. The molecule has 5 unspecified atom stereocenters. The van der Waals surface area contributed by atoms with Gasteiger partial charge in [-0.3, -0.25) is 0 Å². The van der Waals surface area contributed by atoms with Gasteiger partial charge in [-0.05, 0) is 78.4 Å². The molecule has 0 saturated heterocycles. The van der Waals surface area contributed by atoms with Crippen molar-refractivity contribution in [2.24, 2.45) is 29.6 Å². The van der Waals surface area contributed by atoms with Crippen molar-refractivity contribution in [3.05, 3.63) is 60.2 Å². The van der Waals surface area contributed by atoms with E-state index < -0.39 is 0 Å². The second kappa shape index (κ2) is 12.2. The van der Waals surface area contributed by atoms with Gasteiger partial charge in [0.2, 0.25) is 0 Å². The van der Waals surface area contributed by atoms with Gasteiger partial charge in [0.15, 0.2) is 0 Å². The lowest BCUT2D eigenvalue weighted by Crippen LogP contribution is -2.16. The topological polar surface area (TPSA) is 20.2 Å². The van der Waals surface area contributed by atoms with Gasteiger partial charge in [0.25, 0.3) is 0 Å². The van der Waals surface area contributed by atoms with Crippen LogP contribution in [0.25, 0.3) is 11.1 Å². The quantitative estimate of drug-likeness (QED) is 0.364. The van der Waals surface area contributed by atoms with Gasteiger partial charge < -0.3 is 5.11 Å². The molecule has 1 nitrogen and oxygen atoms in total. The molecule has 2 fully saturated rings. The molecule has 2 aromatic carbocycles. The molecule has 5 atom stereocenters. The van der Waals surface area contributed by atoms with Crippen LogP contribution in [-0.2, 0) is 0 Å². The molecule has 2 saturated carbocycles. The van der Waals surface area contributed by atoms with E-state index in [1.807, 2.05) is 0 Å². The Labute approximate surface area is 203 Å². The van der Waals surface area contributed by atoms with Crippen LogP contribution >= 0.6 is 0 Å². The van der Waals surface area contributed by atoms with Gasteiger partial charge in [0, 0.05) is 0 Å². The SMILES string of the molecule is CCCC(CCC)CC1CCCC(CCC(O)c2ccc(-c3ccccc3)cc2)C2CC2C1. The predicted octanol–water partition coefficient (Wildman–Crippen LogP) is 9.22. The number of rotatable bonds is 11. The molecule has 0 heterocycles. The number of hydrogen-bond donors (Lipinski definition) is 1. The van der Waals surface area contributed by atoms with E-state index in [0.29, 0.717) is 0 Å². The maximum Gasteiger partial charge on any atom is 0.0790 e. The summed E-state index contributed by atoms with van der Waals surface area (Å²) in [5.41, 5.74) is 3.54. The van der Waals surface area contributed by atoms with E-state index in [1.54, 1.807) is 0 Å². The van der Waals surface area contributed by atoms with E-state index in [1.165, 1.54) is 81.8 Å². The Morgan fingerprint density at radius 2 is 1.52 bits per heavy atom. The van der Waals surface area contributed by atoms with E-state index >= 15 is 0 Å². The number of hydrogen-bond acceptors (Lipinski definition) is 1. The zero-order chi connectivity index (χ0) is 23.0. The van der Waals surface area contributed by atoms with Crippen LogP contribution in [0.5, 0.6) is 0 Å².